The Hall–Kier alpha value is -1.41. The Balaban J connectivity index is 0.00000441. The third-order valence-electron chi connectivity index (χ3n) is 3.15. The van der Waals surface area contributed by atoms with Gasteiger partial charge in [0.25, 0.3) is 5.91 Å². The van der Waals surface area contributed by atoms with Gasteiger partial charge in [-0.05, 0) is 31.2 Å². The molecule has 1 atom stereocenters. The molecule has 1 aromatic carbocycles. The molecule has 124 valence electrons. The lowest BCUT2D eigenvalue weighted by Gasteiger charge is -2.23. The van der Waals surface area contributed by atoms with Gasteiger partial charge in [0.2, 0.25) is 10.0 Å². The van der Waals surface area contributed by atoms with Gasteiger partial charge < -0.3 is 10.6 Å². The molecular weight excluding hydrogens is 326 g/mol. The van der Waals surface area contributed by atoms with Crippen molar-refractivity contribution in [3.05, 3.63) is 42.5 Å². The lowest BCUT2D eigenvalue weighted by atomic mass is 10.2. The van der Waals surface area contributed by atoms with Gasteiger partial charge in [-0.3, -0.25) is 4.79 Å². The Kier molecular flexibility index (Phi) is 8.32. The minimum atomic E-state index is -3.57. The van der Waals surface area contributed by atoms with Crippen molar-refractivity contribution >= 4 is 28.3 Å². The summed E-state index contributed by atoms with van der Waals surface area (Å²) in [6, 6.07) is 5.70. The average molecular weight is 348 g/mol. The fourth-order valence-corrected chi connectivity index (χ4v) is 2.59. The van der Waals surface area contributed by atoms with Crippen LogP contribution >= 0.6 is 12.4 Å². The van der Waals surface area contributed by atoms with E-state index in [0.29, 0.717) is 12.1 Å². The summed E-state index contributed by atoms with van der Waals surface area (Å²) in [5.74, 6) is -0.198. The van der Waals surface area contributed by atoms with Crippen LogP contribution in [0.2, 0.25) is 0 Å². The van der Waals surface area contributed by atoms with Crippen molar-refractivity contribution in [3.63, 3.8) is 0 Å². The van der Waals surface area contributed by atoms with Crippen molar-refractivity contribution in [1.82, 2.24) is 9.62 Å². The molecule has 0 saturated heterocycles. The number of sulfonamides is 1. The molecule has 0 radical (unpaired) electrons. The summed E-state index contributed by atoms with van der Waals surface area (Å²) in [7, 11) is -1.91. The number of hydrogen-bond donors (Lipinski definition) is 2. The number of rotatable bonds is 7. The second-order valence-corrected chi connectivity index (χ2v) is 6.43. The van der Waals surface area contributed by atoms with Crippen molar-refractivity contribution in [2.24, 2.45) is 5.73 Å². The summed E-state index contributed by atoms with van der Waals surface area (Å²) in [4.78, 5) is 13.8. The van der Waals surface area contributed by atoms with E-state index in [4.69, 9.17) is 5.73 Å². The number of nitrogens with two attached hydrogens (primary N) is 1. The van der Waals surface area contributed by atoms with Gasteiger partial charge in [-0.1, -0.05) is 6.08 Å². The highest BCUT2D eigenvalue weighted by molar-refractivity contribution is 7.89. The van der Waals surface area contributed by atoms with Crippen LogP contribution in [0.4, 0.5) is 0 Å². The molecule has 0 heterocycles. The van der Waals surface area contributed by atoms with Crippen LogP contribution in [-0.4, -0.2) is 45.4 Å². The van der Waals surface area contributed by atoms with Crippen molar-refractivity contribution in [2.45, 2.75) is 17.9 Å². The van der Waals surface area contributed by atoms with Crippen LogP contribution in [0.5, 0.6) is 0 Å². The van der Waals surface area contributed by atoms with E-state index in [1.165, 1.54) is 35.2 Å². The number of amides is 1. The average Bonchev–Trinajstić information content (AvgIpc) is 2.50. The van der Waals surface area contributed by atoms with E-state index in [0.717, 1.165) is 0 Å². The van der Waals surface area contributed by atoms with Gasteiger partial charge in [0.15, 0.2) is 0 Å². The summed E-state index contributed by atoms with van der Waals surface area (Å²) in [5.41, 5.74) is 5.94. The van der Waals surface area contributed by atoms with Gasteiger partial charge in [-0.15, -0.1) is 19.0 Å². The third kappa shape index (κ3) is 5.10. The number of nitrogens with one attached hydrogen (secondary N) is 1. The molecule has 3 N–H and O–H groups in total. The summed E-state index contributed by atoms with van der Waals surface area (Å²) in [6.45, 7) is 5.81. The molecule has 22 heavy (non-hydrogen) atoms. The van der Waals surface area contributed by atoms with Crippen LogP contribution in [-0.2, 0) is 10.0 Å². The fraction of sp³-hybridized carbons (Fsp3) is 0.357. The fourth-order valence-electron chi connectivity index (χ4n) is 1.59. The van der Waals surface area contributed by atoms with E-state index in [1.807, 2.05) is 6.92 Å². The number of halogens is 1. The highest BCUT2D eigenvalue weighted by atomic mass is 35.5. The molecule has 0 aliphatic rings. The molecule has 0 bridgehead atoms. The van der Waals surface area contributed by atoms with Crippen LogP contribution in [0.1, 0.15) is 17.3 Å². The molecule has 1 unspecified atom stereocenters. The third-order valence-corrected chi connectivity index (χ3v) is 4.59. The molecule has 1 amide bonds. The molecule has 1 rings (SSSR count). The van der Waals surface area contributed by atoms with E-state index in [1.54, 1.807) is 7.05 Å². The summed E-state index contributed by atoms with van der Waals surface area (Å²) < 4.78 is 26.1. The van der Waals surface area contributed by atoms with Crippen LogP contribution in [0.25, 0.3) is 0 Å². The predicted molar refractivity (Wildman–Crippen MR) is 89.7 cm³/mol. The number of benzene rings is 1. The van der Waals surface area contributed by atoms with E-state index in [2.05, 4.69) is 11.3 Å². The number of likely N-dealkylation sites (N-methyl/N-ethyl adjacent to an activating group) is 1. The quantitative estimate of drug-likeness (QED) is 0.719. The number of carbonyl (C=O) groups excluding carboxylic acids is 1. The Morgan fingerprint density at radius 1 is 1.41 bits per heavy atom. The number of hydrogen-bond acceptors (Lipinski definition) is 4. The minimum absolute atomic E-state index is 0. The van der Waals surface area contributed by atoms with E-state index < -0.39 is 10.0 Å². The maximum atomic E-state index is 12.2. The van der Waals surface area contributed by atoms with Crippen LogP contribution in [0, 0.1) is 0 Å². The maximum absolute atomic E-state index is 12.2. The highest BCUT2D eigenvalue weighted by Gasteiger charge is 2.18. The standard InChI is InChI=1S/C14H21N3O3S.ClH/c1-4-9-16-21(19,20)13-7-5-12(6-8-13)14(18)17(3)11(2)10-15;/h4-8,11,16H,1,9-10,15H2,2-3H3;1H. The summed E-state index contributed by atoms with van der Waals surface area (Å²) >= 11 is 0. The molecule has 1 aromatic rings. The minimum Gasteiger partial charge on any atom is -0.338 e. The zero-order valence-corrected chi connectivity index (χ0v) is 14.3. The van der Waals surface area contributed by atoms with Gasteiger partial charge in [0.05, 0.1) is 4.90 Å². The van der Waals surface area contributed by atoms with Crippen LogP contribution < -0.4 is 10.5 Å². The second-order valence-electron chi connectivity index (χ2n) is 4.67. The molecule has 0 saturated carbocycles. The highest BCUT2D eigenvalue weighted by Crippen LogP contribution is 2.12. The maximum Gasteiger partial charge on any atom is 0.253 e. The lowest BCUT2D eigenvalue weighted by molar-refractivity contribution is 0.0748. The van der Waals surface area contributed by atoms with Crippen molar-refractivity contribution in [1.29, 1.82) is 0 Å². The molecule has 0 spiro atoms. The topological polar surface area (TPSA) is 92.5 Å². The Bertz CT molecular complexity index is 602. The Morgan fingerprint density at radius 3 is 2.41 bits per heavy atom. The van der Waals surface area contributed by atoms with E-state index in [-0.39, 0.29) is 35.8 Å². The van der Waals surface area contributed by atoms with Crippen LogP contribution in [0.3, 0.4) is 0 Å². The molecule has 0 aromatic heterocycles. The predicted octanol–water partition coefficient (Wildman–Crippen LogP) is 0.992. The second kappa shape index (κ2) is 8.89. The molecular formula is C14H22ClN3O3S. The largest absolute Gasteiger partial charge is 0.338 e. The number of nitrogens with zero attached hydrogens (tertiary/aromatic N) is 1. The van der Waals surface area contributed by atoms with E-state index in [9.17, 15) is 13.2 Å². The van der Waals surface area contributed by atoms with Crippen LogP contribution in [0.15, 0.2) is 41.8 Å². The Labute approximate surface area is 137 Å². The first kappa shape index (κ1) is 20.6. The monoisotopic (exact) mass is 347 g/mol. The first-order valence-electron chi connectivity index (χ1n) is 6.51. The van der Waals surface area contributed by atoms with Gasteiger partial charge in [-0.2, -0.15) is 0 Å². The zero-order chi connectivity index (χ0) is 16.0. The SMILES string of the molecule is C=CCNS(=O)(=O)c1ccc(C(=O)N(C)C(C)CN)cc1.Cl. The zero-order valence-electron chi connectivity index (χ0n) is 12.7. The Morgan fingerprint density at radius 2 is 1.95 bits per heavy atom. The normalized spacial score (nSPS) is 12.1. The van der Waals surface area contributed by atoms with Gasteiger partial charge in [0.1, 0.15) is 0 Å². The van der Waals surface area contributed by atoms with Gasteiger partial charge >= 0.3 is 0 Å². The summed E-state index contributed by atoms with van der Waals surface area (Å²) in [5, 5.41) is 0. The molecule has 0 fully saturated rings. The van der Waals surface area contributed by atoms with Crippen molar-refractivity contribution in [2.75, 3.05) is 20.1 Å². The van der Waals surface area contributed by atoms with Crippen molar-refractivity contribution in [3.8, 4) is 0 Å². The first-order chi connectivity index (χ1) is 9.83. The molecule has 8 heteroatoms. The van der Waals surface area contributed by atoms with Gasteiger partial charge in [-0.25, -0.2) is 13.1 Å². The molecule has 6 nitrogen and oxygen atoms in total. The smallest absolute Gasteiger partial charge is 0.253 e. The molecule has 0 aliphatic heterocycles. The first-order valence-corrected chi connectivity index (χ1v) is 7.99. The van der Waals surface area contributed by atoms with E-state index >= 15 is 0 Å². The number of carbonyl (C=O) groups is 1. The summed E-state index contributed by atoms with van der Waals surface area (Å²) in [6.07, 6.45) is 1.46. The van der Waals surface area contributed by atoms with Gasteiger partial charge in [0, 0.05) is 31.7 Å². The van der Waals surface area contributed by atoms with Crippen molar-refractivity contribution < 1.29 is 13.2 Å². The lowest BCUT2D eigenvalue weighted by Crippen LogP contribution is -2.39. The molecule has 0 aliphatic carbocycles.